The number of rotatable bonds is 9. The summed E-state index contributed by atoms with van der Waals surface area (Å²) in [6, 6.07) is 10.6. The maximum Gasteiger partial charge on any atom is 0.414 e. The van der Waals surface area contributed by atoms with Crippen molar-refractivity contribution in [3.63, 3.8) is 0 Å². The summed E-state index contributed by atoms with van der Waals surface area (Å²) in [5.74, 6) is 7.06. The zero-order chi connectivity index (χ0) is 23.6. The maximum atomic E-state index is 12.7. The summed E-state index contributed by atoms with van der Waals surface area (Å²) in [5.41, 5.74) is 1.94. The van der Waals surface area contributed by atoms with Crippen molar-refractivity contribution >= 4 is 17.7 Å². The molecule has 3 rings (SSSR count). The first-order chi connectivity index (χ1) is 16.1. The Hall–Kier alpha value is -3.86. The van der Waals surface area contributed by atoms with E-state index in [0.29, 0.717) is 55.8 Å². The second kappa shape index (κ2) is 11.7. The fourth-order valence-corrected chi connectivity index (χ4v) is 3.25. The predicted molar refractivity (Wildman–Crippen MR) is 124 cm³/mol. The van der Waals surface area contributed by atoms with Gasteiger partial charge in [-0.3, -0.25) is 9.69 Å². The van der Waals surface area contributed by atoms with Gasteiger partial charge in [0.2, 0.25) is 5.75 Å². The van der Waals surface area contributed by atoms with Crippen molar-refractivity contribution in [3.05, 3.63) is 47.5 Å². The lowest BCUT2D eigenvalue weighted by atomic mass is 10.1. The van der Waals surface area contributed by atoms with Crippen molar-refractivity contribution in [2.45, 2.75) is 20.8 Å². The standard InChI is InChI=1S/C25H28N2O6/c1-4-30-21-16-19(17-22(31-5-2)23(21)32-6-3)24(28)26-13-7-8-18-9-11-20(12-10-18)27-14-15-33-25(27)29/h9-12,16-17H,4-6,13-15H2,1-3H3,(H,26,28). The number of cyclic esters (lactones) is 1. The minimum atomic E-state index is -0.342. The van der Waals surface area contributed by atoms with Crippen molar-refractivity contribution in [1.82, 2.24) is 5.32 Å². The summed E-state index contributed by atoms with van der Waals surface area (Å²) < 4.78 is 21.9. The molecule has 1 N–H and O–H groups in total. The molecule has 8 heteroatoms. The molecule has 2 aromatic rings. The van der Waals surface area contributed by atoms with E-state index in [1.54, 1.807) is 17.0 Å². The van der Waals surface area contributed by atoms with Gasteiger partial charge in [0.15, 0.2) is 11.5 Å². The molecule has 1 aliphatic rings. The molecule has 2 amide bonds. The van der Waals surface area contributed by atoms with E-state index in [2.05, 4.69) is 17.2 Å². The Morgan fingerprint density at radius 3 is 2.21 bits per heavy atom. The van der Waals surface area contributed by atoms with Crippen molar-refractivity contribution in [1.29, 1.82) is 0 Å². The first-order valence-electron chi connectivity index (χ1n) is 10.9. The quantitative estimate of drug-likeness (QED) is 0.585. The highest BCUT2D eigenvalue weighted by atomic mass is 16.6. The lowest BCUT2D eigenvalue weighted by molar-refractivity contribution is 0.0957. The van der Waals surface area contributed by atoms with Crippen molar-refractivity contribution in [2.75, 3.05) is 44.4 Å². The number of benzene rings is 2. The molecule has 0 bridgehead atoms. The third-order valence-corrected chi connectivity index (χ3v) is 4.68. The highest BCUT2D eigenvalue weighted by Crippen LogP contribution is 2.39. The molecule has 0 spiro atoms. The van der Waals surface area contributed by atoms with Gasteiger partial charge in [0, 0.05) is 16.8 Å². The Bertz CT molecular complexity index is 1010. The smallest absolute Gasteiger partial charge is 0.414 e. The van der Waals surface area contributed by atoms with Gasteiger partial charge in [0.25, 0.3) is 5.91 Å². The van der Waals surface area contributed by atoms with Crippen LogP contribution in [-0.4, -0.2) is 51.5 Å². The SMILES string of the molecule is CCOc1cc(C(=O)NCC#Cc2ccc(N3CCOC3=O)cc2)cc(OCC)c1OCC. The lowest BCUT2D eigenvalue weighted by Gasteiger charge is -2.16. The number of amides is 2. The maximum absolute atomic E-state index is 12.7. The van der Waals surface area contributed by atoms with Crippen LogP contribution in [0.1, 0.15) is 36.7 Å². The minimum Gasteiger partial charge on any atom is -0.490 e. The Morgan fingerprint density at radius 1 is 1.03 bits per heavy atom. The topological polar surface area (TPSA) is 86.3 Å². The number of ether oxygens (including phenoxy) is 4. The normalized spacial score (nSPS) is 12.5. The lowest BCUT2D eigenvalue weighted by Crippen LogP contribution is -2.24. The van der Waals surface area contributed by atoms with Crippen LogP contribution in [-0.2, 0) is 4.74 Å². The molecule has 0 aliphatic carbocycles. The molecule has 8 nitrogen and oxygen atoms in total. The van der Waals surface area contributed by atoms with Gasteiger partial charge in [-0.2, -0.15) is 0 Å². The van der Waals surface area contributed by atoms with E-state index < -0.39 is 0 Å². The number of hydrogen-bond acceptors (Lipinski definition) is 6. The first kappa shape index (κ1) is 23.8. The Morgan fingerprint density at radius 2 is 1.67 bits per heavy atom. The van der Waals surface area contributed by atoms with E-state index in [-0.39, 0.29) is 18.5 Å². The van der Waals surface area contributed by atoms with Crippen LogP contribution in [0.5, 0.6) is 17.2 Å². The second-order valence-electron chi connectivity index (χ2n) is 6.90. The molecule has 1 heterocycles. The summed E-state index contributed by atoms with van der Waals surface area (Å²) in [7, 11) is 0. The second-order valence-corrected chi connectivity index (χ2v) is 6.90. The van der Waals surface area contributed by atoms with Gasteiger partial charge in [-0.15, -0.1) is 0 Å². The van der Waals surface area contributed by atoms with Crippen LogP contribution in [0.4, 0.5) is 10.5 Å². The number of hydrogen-bond donors (Lipinski definition) is 1. The van der Waals surface area contributed by atoms with E-state index in [1.165, 1.54) is 0 Å². The molecule has 33 heavy (non-hydrogen) atoms. The molecule has 174 valence electrons. The average molecular weight is 453 g/mol. The number of nitrogens with zero attached hydrogens (tertiary/aromatic N) is 1. The predicted octanol–water partition coefficient (Wildman–Crippen LogP) is 3.62. The number of nitrogens with one attached hydrogen (secondary N) is 1. The molecule has 0 radical (unpaired) electrons. The molecular formula is C25H28N2O6. The van der Waals surface area contributed by atoms with Crippen molar-refractivity contribution < 1.29 is 28.5 Å². The van der Waals surface area contributed by atoms with Gasteiger partial charge in [-0.1, -0.05) is 11.8 Å². The van der Waals surface area contributed by atoms with Gasteiger partial charge in [0.1, 0.15) is 6.61 Å². The zero-order valence-electron chi connectivity index (χ0n) is 19.1. The van der Waals surface area contributed by atoms with Gasteiger partial charge in [-0.25, -0.2) is 4.79 Å². The molecule has 1 fully saturated rings. The van der Waals surface area contributed by atoms with Gasteiger partial charge < -0.3 is 24.3 Å². The molecule has 2 aromatic carbocycles. The van der Waals surface area contributed by atoms with Crippen molar-refractivity contribution in [3.8, 4) is 29.1 Å². The van der Waals surface area contributed by atoms with Gasteiger partial charge >= 0.3 is 6.09 Å². The Labute approximate surface area is 193 Å². The van der Waals surface area contributed by atoms with E-state index in [1.807, 2.05) is 45.0 Å². The van der Waals surface area contributed by atoms with Crippen LogP contribution in [0.25, 0.3) is 0 Å². The van der Waals surface area contributed by atoms with Crippen LogP contribution in [0.15, 0.2) is 36.4 Å². The van der Waals surface area contributed by atoms with Crippen LogP contribution in [0.2, 0.25) is 0 Å². The van der Waals surface area contributed by atoms with E-state index in [4.69, 9.17) is 18.9 Å². The monoisotopic (exact) mass is 452 g/mol. The summed E-state index contributed by atoms with van der Waals surface area (Å²) in [5, 5.41) is 2.79. The average Bonchev–Trinajstić information content (AvgIpc) is 3.25. The molecule has 0 aromatic heterocycles. The fraction of sp³-hybridized carbons (Fsp3) is 0.360. The minimum absolute atomic E-state index is 0.167. The van der Waals surface area contributed by atoms with Crippen molar-refractivity contribution in [2.24, 2.45) is 0 Å². The number of carbonyl (C=O) groups is 2. The third kappa shape index (κ3) is 6.10. The Balaban J connectivity index is 1.65. The van der Waals surface area contributed by atoms with Gasteiger partial charge in [0.05, 0.1) is 32.9 Å². The summed E-state index contributed by atoms with van der Waals surface area (Å²) >= 11 is 0. The number of carbonyl (C=O) groups excluding carboxylic acids is 2. The van der Waals surface area contributed by atoms with Crippen LogP contribution in [0, 0.1) is 11.8 Å². The van der Waals surface area contributed by atoms with Crippen LogP contribution < -0.4 is 24.4 Å². The largest absolute Gasteiger partial charge is 0.490 e. The van der Waals surface area contributed by atoms with Gasteiger partial charge in [-0.05, 0) is 57.2 Å². The Kier molecular flexibility index (Phi) is 8.42. The highest BCUT2D eigenvalue weighted by Gasteiger charge is 2.23. The molecule has 0 unspecified atom stereocenters. The van der Waals surface area contributed by atoms with E-state index in [9.17, 15) is 9.59 Å². The fourth-order valence-electron chi connectivity index (χ4n) is 3.25. The highest BCUT2D eigenvalue weighted by molar-refractivity contribution is 5.95. The molecular weight excluding hydrogens is 424 g/mol. The van der Waals surface area contributed by atoms with Crippen LogP contribution in [0.3, 0.4) is 0 Å². The molecule has 0 atom stereocenters. The number of anilines is 1. The molecule has 1 saturated heterocycles. The van der Waals surface area contributed by atoms with E-state index in [0.717, 1.165) is 11.3 Å². The van der Waals surface area contributed by atoms with Crippen LogP contribution >= 0.6 is 0 Å². The zero-order valence-corrected chi connectivity index (χ0v) is 19.1. The molecule has 1 aliphatic heterocycles. The summed E-state index contributed by atoms with van der Waals surface area (Å²) in [6.45, 7) is 8.01. The third-order valence-electron chi connectivity index (χ3n) is 4.68. The van der Waals surface area contributed by atoms with E-state index >= 15 is 0 Å². The summed E-state index contributed by atoms with van der Waals surface area (Å²) in [4.78, 5) is 25.9. The molecule has 0 saturated carbocycles. The summed E-state index contributed by atoms with van der Waals surface area (Å²) in [6.07, 6.45) is -0.342. The first-order valence-corrected chi connectivity index (χ1v) is 10.9.